The lowest BCUT2D eigenvalue weighted by atomic mass is 10.1. The van der Waals surface area contributed by atoms with Gasteiger partial charge in [0.05, 0.1) is 28.5 Å². The van der Waals surface area contributed by atoms with Gasteiger partial charge in [-0.25, -0.2) is 9.67 Å². The van der Waals surface area contributed by atoms with E-state index in [4.69, 9.17) is 0 Å². The second kappa shape index (κ2) is 5.88. The minimum absolute atomic E-state index is 0.00196. The summed E-state index contributed by atoms with van der Waals surface area (Å²) in [5.74, 6) is 0.186. The number of nitrogens with zero attached hydrogens (tertiary/aromatic N) is 4. The third-order valence-corrected chi connectivity index (χ3v) is 3.92. The molecule has 3 heterocycles. The summed E-state index contributed by atoms with van der Waals surface area (Å²) in [4.78, 5) is 29.4. The van der Waals surface area contributed by atoms with Crippen LogP contribution in [-0.2, 0) is 9.59 Å². The molecule has 0 radical (unpaired) electrons. The van der Waals surface area contributed by atoms with Crippen LogP contribution in [0.5, 0.6) is 0 Å². The van der Waals surface area contributed by atoms with E-state index >= 15 is 0 Å². The summed E-state index contributed by atoms with van der Waals surface area (Å²) >= 11 is 3.32. The lowest BCUT2D eigenvalue weighted by Crippen LogP contribution is -2.25. The molecule has 0 spiro atoms. The Morgan fingerprint density at radius 1 is 1.41 bits per heavy atom. The Labute approximate surface area is 135 Å². The van der Waals surface area contributed by atoms with Gasteiger partial charge in [0.2, 0.25) is 11.8 Å². The Hall–Kier alpha value is -2.22. The largest absolute Gasteiger partial charge is 0.345 e. The van der Waals surface area contributed by atoms with Gasteiger partial charge in [-0.2, -0.15) is 5.10 Å². The molecule has 1 saturated heterocycles. The van der Waals surface area contributed by atoms with Crippen molar-refractivity contribution in [3.8, 4) is 5.82 Å². The van der Waals surface area contributed by atoms with E-state index in [0.29, 0.717) is 18.1 Å². The zero-order valence-corrected chi connectivity index (χ0v) is 13.4. The lowest BCUT2D eigenvalue weighted by molar-refractivity contribution is -0.127. The minimum atomic E-state index is -0.306. The standard InChI is InChI=1S/C14H14BrN5O2/c1-19-7-9(4-13(19)21)14(22)18-11-2-3-12(16-6-11)20-8-10(15)5-17-20/h2-3,5-6,8-9H,4,7H2,1H3,(H,18,22)/t9-/m0/s1. The fraction of sp³-hybridized carbons (Fsp3) is 0.286. The van der Waals surface area contributed by atoms with Gasteiger partial charge in [-0.15, -0.1) is 0 Å². The summed E-state index contributed by atoms with van der Waals surface area (Å²) in [5.41, 5.74) is 0.599. The molecule has 0 saturated carbocycles. The summed E-state index contributed by atoms with van der Waals surface area (Å²) in [5, 5.41) is 6.92. The van der Waals surface area contributed by atoms with Crippen molar-refractivity contribution >= 4 is 33.4 Å². The van der Waals surface area contributed by atoms with E-state index in [0.717, 1.165) is 4.47 Å². The summed E-state index contributed by atoms with van der Waals surface area (Å²) < 4.78 is 2.49. The van der Waals surface area contributed by atoms with Gasteiger partial charge in [-0.1, -0.05) is 0 Å². The topological polar surface area (TPSA) is 80.1 Å². The average Bonchev–Trinajstić information content (AvgIpc) is 3.07. The lowest BCUT2D eigenvalue weighted by Gasteiger charge is -2.11. The molecular formula is C14H14BrN5O2. The highest BCUT2D eigenvalue weighted by Gasteiger charge is 2.32. The Bertz CT molecular complexity index is 712. The summed E-state index contributed by atoms with van der Waals surface area (Å²) in [6, 6.07) is 3.53. The molecule has 8 heteroatoms. The fourth-order valence-corrected chi connectivity index (χ4v) is 2.59. The number of pyridine rings is 1. The van der Waals surface area contributed by atoms with Gasteiger partial charge in [-0.3, -0.25) is 9.59 Å². The van der Waals surface area contributed by atoms with E-state index in [9.17, 15) is 9.59 Å². The number of carbonyl (C=O) groups is 2. The number of anilines is 1. The molecule has 1 aliphatic heterocycles. The molecule has 1 aliphatic rings. The first-order chi connectivity index (χ1) is 10.5. The van der Waals surface area contributed by atoms with Crippen molar-refractivity contribution in [3.63, 3.8) is 0 Å². The average molecular weight is 364 g/mol. The van der Waals surface area contributed by atoms with Crippen molar-refractivity contribution in [2.45, 2.75) is 6.42 Å². The smallest absolute Gasteiger partial charge is 0.229 e. The molecule has 0 aromatic carbocycles. The van der Waals surface area contributed by atoms with E-state index in [1.54, 1.807) is 47.4 Å². The van der Waals surface area contributed by atoms with Crippen molar-refractivity contribution in [1.29, 1.82) is 0 Å². The number of amides is 2. The number of hydrogen-bond donors (Lipinski definition) is 1. The molecule has 22 heavy (non-hydrogen) atoms. The first-order valence-electron chi connectivity index (χ1n) is 6.74. The van der Waals surface area contributed by atoms with Crippen LogP contribution >= 0.6 is 15.9 Å². The van der Waals surface area contributed by atoms with Gasteiger partial charge in [-0.05, 0) is 28.1 Å². The maximum atomic E-state index is 12.1. The van der Waals surface area contributed by atoms with E-state index in [1.807, 2.05) is 0 Å². The van der Waals surface area contributed by atoms with Gasteiger partial charge in [0.25, 0.3) is 0 Å². The normalized spacial score (nSPS) is 17.8. The van der Waals surface area contributed by atoms with Crippen LogP contribution in [0.25, 0.3) is 5.82 Å². The van der Waals surface area contributed by atoms with E-state index in [2.05, 4.69) is 31.3 Å². The summed E-state index contributed by atoms with van der Waals surface area (Å²) in [6.07, 6.45) is 5.30. The number of nitrogens with one attached hydrogen (secondary N) is 1. The minimum Gasteiger partial charge on any atom is -0.345 e. The van der Waals surface area contributed by atoms with Gasteiger partial charge < -0.3 is 10.2 Å². The van der Waals surface area contributed by atoms with Crippen molar-refractivity contribution < 1.29 is 9.59 Å². The SMILES string of the molecule is CN1C[C@@H](C(=O)Nc2ccc(-n3cc(Br)cn3)nc2)CC1=O. The van der Waals surface area contributed by atoms with Crippen molar-refractivity contribution in [2.75, 3.05) is 18.9 Å². The molecule has 3 rings (SSSR count). The monoisotopic (exact) mass is 363 g/mol. The highest BCUT2D eigenvalue weighted by atomic mass is 79.9. The molecule has 2 aromatic heterocycles. The maximum Gasteiger partial charge on any atom is 0.229 e. The molecule has 1 N–H and O–H groups in total. The number of rotatable bonds is 3. The summed E-state index contributed by atoms with van der Waals surface area (Å²) in [7, 11) is 1.70. The first kappa shape index (κ1) is 14.7. The predicted octanol–water partition coefficient (Wildman–Crippen LogP) is 1.45. The predicted molar refractivity (Wildman–Crippen MR) is 83.4 cm³/mol. The van der Waals surface area contributed by atoms with E-state index in [-0.39, 0.29) is 24.2 Å². The number of carbonyl (C=O) groups excluding carboxylic acids is 2. The van der Waals surface area contributed by atoms with Crippen molar-refractivity contribution in [2.24, 2.45) is 5.92 Å². The van der Waals surface area contributed by atoms with E-state index in [1.165, 1.54) is 0 Å². The van der Waals surface area contributed by atoms with Crippen LogP contribution in [0.3, 0.4) is 0 Å². The molecule has 0 unspecified atom stereocenters. The molecule has 7 nitrogen and oxygen atoms in total. The van der Waals surface area contributed by atoms with Crippen LogP contribution < -0.4 is 5.32 Å². The van der Waals surface area contributed by atoms with Gasteiger partial charge in [0.1, 0.15) is 0 Å². The highest BCUT2D eigenvalue weighted by molar-refractivity contribution is 9.10. The van der Waals surface area contributed by atoms with Crippen LogP contribution in [0, 0.1) is 5.92 Å². The third-order valence-electron chi connectivity index (χ3n) is 3.51. The van der Waals surface area contributed by atoms with Gasteiger partial charge in [0.15, 0.2) is 5.82 Å². The van der Waals surface area contributed by atoms with Crippen LogP contribution in [0.4, 0.5) is 5.69 Å². The number of hydrogen-bond acceptors (Lipinski definition) is 4. The van der Waals surface area contributed by atoms with Crippen LogP contribution in [-0.4, -0.2) is 45.1 Å². The molecule has 114 valence electrons. The van der Waals surface area contributed by atoms with Gasteiger partial charge >= 0.3 is 0 Å². The maximum absolute atomic E-state index is 12.1. The van der Waals surface area contributed by atoms with Gasteiger partial charge in [0, 0.05) is 26.2 Å². The molecule has 2 aromatic rings. The Morgan fingerprint density at radius 2 is 2.23 bits per heavy atom. The Balaban J connectivity index is 1.66. The molecule has 1 atom stereocenters. The summed E-state index contributed by atoms with van der Waals surface area (Å²) in [6.45, 7) is 0.456. The van der Waals surface area contributed by atoms with Crippen LogP contribution in [0.2, 0.25) is 0 Å². The molecule has 1 fully saturated rings. The Morgan fingerprint density at radius 3 is 2.77 bits per heavy atom. The number of likely N-dealkylation sites (tertiary alicyclic amines) is 1. The van der Waals surface area contributed by atoms with E-state index < -0.39 is 0 Å². The molecule has 0 bridgehead atoms. The fourth-order valence-electron chi connectivity index (χ4n) is 2.31. The second-order valence-electron chi connectivity index (χ2n) is 5.17. The zero-order valence-electron chi connectivity index (χ0n) is 11.9. The molecule has 0 aliphatic carbocycles. The zero-order chi connectivity index (χ0) is 15.7. The number of aromatic nitrogens is 3. The number of halogens is 1. The van der Waals surface area contributed by atoms with Crippen LogP contribution in [0.15, 0.2) is 35.2 Å². The highest BCUT2D eigenvalue weighted by Crippen LogP contribution is 2.19. The third kappa shape index (κ3) is 3.01. The molecule has 2 amide bonds. The van der Waals surface area contributed by atoms with Crippen LogP contribution in [0.1, 0.15) is 6.42 Å². The quantitative estimate of drug-likeness (QED) is 0.894. The van der Waals surface area contributed by atoms with Crippen molar-refractivity contribution in [3.05, 3.63) is 35.2 Å². The first-order valence-corrected chi connectivity index (χ1v) is 7.53. The molecular weight excluding hydrogens is 350 g/mol. The van der Waals surface area contributed by atoms with Crippen molar-refractivity contribution in [1.82, 2.24) is 19.7 Å². The second-order valence-corrected chi connectivity index (χ2v) is 6.09. The Kier molecular flexibility index (Phi) is 3.93.